The van der Waals surface area contributed by atoms with Crippen molar-refractivity contribution in [3.05, 3.63) is 12.3 Å². The molecular weight excluding hydrogens is 244 g/mol. The van der Waals surface area contributed by atoms with E-state index in [2.05, 4.69) is 29.6 Å². The van der Waals surface area contributed by atoms with E-state index in [1.165, 1.54) is 0 Å². The Hall–Kier alpha value is -1.56. The van der Waals surface area contributed by atoms with Crippen molar-refractivity contribution in [3.8, 4) is 0 Å². The van der Waals surface area contributed by atoms with Gasteiger partial charge in [0, 0.05) is 12.1 Å². The fourth-order valence-electron chi connectivity index (χ4n) is 1.91. The van der Waals surface area contributed by atoms with E-state index in [-0.39, 0.29) is 24.7 Å². The largest absolute Gasteiger partial charge is 0.394 e. The minimum absolute atomic E-state index is 0.0605. The van der Waals surface area contributed by atoms with Crippen molar-refractivity contribution in [2.45, 2.75) is 46.2 Å². The van der Waals surface area contributed by atoms with Crippen LogP contribution in [0.2, 0.25) is 0 Å². The van der Waals surface area contributed by atoms with Crippen LogP contribution in [0.5, 0.6) is 0 Å². The number of nitrogens with zero attached hydrogens (tertiary/aromatic N) is 2. The van der Waals surface area contributed by atoms with E-state index >= 15 is 0 Å². The van der Waals surface area contributed by atoms with Gasteiger partial charge in [-0.3, -0.25) is 5.32 Å². The second-order valence-electron chi connectivity index (χ2n) is 5.36. The lowest BCUT2D eigenvalue weighted by atomic mass is 10.0. The van der Waals surface area contributed by atoms with Crippen LogP contribution >= 0.6 is 0 Å². The van der Waals surface area contributed by atoms with Gasteiger partial charge in [-0.2, -0.15) is 5.10 Å². The molecule has 0 fully saturated rings. The summed E-state index contributed by atoms with van der Waals surface area (Å²) in [7, 11) is 0. The highest BCUT2D eigenvalue weighted by atomic mass is 16.3. The molecule has 6 nitrogen and oxygen atoms in total. The Labute approximate surface area is 114 Å². The van der Waals surface area contributed by atoms with Crippen LogP contribution in [-0.2, 0) is 0 Å². The maximum Gasteiger partial charge on any atom is 0.320 e. The molecule has 1 aromatic rings. The summed E-state index contributed by atoms with van der Waals surface area (Å²) in [5, 5.41) is 18.9. The van der Waals surface area contributed by atoms with Crippen LogP contribution < -0.4 is 10.6 Å². The predicted molar refractivity (Wildman–Crippen MR) is 75.1 cm³/mol. The van der Waals surface area contributed by atoms with E-state index < -0.39 is 0 Å². The van der Waals surface area contributed by atoms with Gasteiger partial charge in [0.2, 0.25) is 0 Å². The molecule has 2 amide bonds. The molecule has 1 heterocycles. The van der Waals surface area contributed by atoms with Gasteiger partial charge in [-0.15, -0.1) is 0 Å². The summed E-state index contributed by atoms with van der Waals surface area (Å²) in [5.74, 6) is 1.06. The molecule has 3 N–H and O–H groups in total. The monoisotopic (exact) mass is 268 g/mol. The zero-order chi connectivity index (χ0) is 14.4. The Kier molecular flexibility index (Phi) is 5.82. The molecule has 0 bridgehead atoms. The zero-order valence-electron chi connectivity index (χ0n) is 12.1. The van der Waals surface area contributed by atoms with Crippen LogP contribution in [0.4, 0.5) is 10.6 Å². The van der Waals surface area contributed by atoms with Gasteiger partial charge in [0.15, 0.2) is 0 Å². The maximum absolute atomic E-state index is 11.9. The van der Waals surface area contributed by atoms with Crippen LogP contribution in [0.25, 0.3) is 0 Å². The minimum Gasteiger partial charge on any atom is -0.394 e. The van der Waals surface area contributed by atoms with Gasteiger partial charge in [0.25, 0.3) is 0 Å². The van der Waals surface area contributed by atoms with Crippen LogP contribution in [0.1, 0.15) is 40.2 Å². The summed E-state index contributed by atoms with van der Waals surface area (Å²) in [6.07, 6.45) is 2.39. The first kappa shape index (κ1) is 15.5. The van der Waals surface area contributed by atoms with Crippen molar-refractivity contribution in [2.75, 3.05) is 11.9 Å². The number of aliphatic hydroxyl groups excluding tert-OH is 1. The van der Waals surface area contributed by atoms with Gasteiger partial charge in [0.05, 0.1) is 18.8 Å². The van der Waals surface area contributed by atoms with E-state index in [4.69, 9.17) is 0 Å². The average molecular weight is 268 g/mol. The number of amides is 2. The van der Waals surface area contributed by atoms with Crippen molar-refractivity contribution >= 4 is 11.8 Å². The van der Waals surface area contributed by atoms with Gasteiger partial charge in [-0.05, 0) is 26.2 Å². The van der Waals surface area contributed by atoms with E-state index in [9.17, 15) is 9.90 Å². The number of hydrogen-bond acceptors (Lipinski definition) is 3. The van der Waals surface area contributed by atoms with Crippen molar-refractivity contribution in [1.29, 1.82) is 0 Å². The molecule has 19 heavy (non-hydrogen) atoms. The number of nitrogens with one attached hydrogen (secondary N) is 2. The number of aliphatic hydroxyl groups is 1. The second kappa shape index (κ2) is 7.13. The molecule has 1 atom stereocenters. The molecule has 0 aliphatic carbocycles. The minimum atomic E-state index is -0.317. The first-order chi connectivity index (χ1) is 8.93. The standard InChI is InChI=1S/C13H24N4O2/c1-9(2)7-11(8-18)15-13(19)16-12-5-6-14-17(12)10(3)4/h5-6,9-11,18H,7-8H2,1-4H3,(H2,15,16,19)/t11-/m0/s1. The number of rotatable bonds is 6. The highest BCUT2D eigenvalue weighted by Crippen LogP contribution is 2.13. The van der Waals surface area contributed by atoms with E-state index in [0.717, 1.165) is 6.42 Å². The number of anilines is 1. The Morgan fingerprint density at radius 1 is 1.42 bits per heavy atom. The summed E-state index contributed by atoms with van der Waals surface area (Å²) in [4.78, 5) is 11.9. The van der Waals surface area contributed by atoms with Gasteiger partial charge >= 0.3 is 6.03 Å². The molecule has 0 saturated carbocycles. The van der Waals surface area contributed by atoms with E-state index in [0.29, 0.717) is 11.7 Å². The number of aromatic nitrogens is 2. The fourth-order valence-corrected chi connectivity index (χ4v) is 1.91. The number of urea groups is 1. The molecule has 0 aliphatic heterocycles. The molecule has 0 aliphatic rings. The highest BCUT2D eigenvalue weighted by molar-refractivity contribution is 5.88. The molecule has 0 unspecified atom stereocenters. The topological polar surface area (TPSA) is 79.2 Å². The predicted octanol–water partition coefficient (Wildman–Crippen LogP) is 1.99. The molecule has 6 heteroatoms. The third-order valence-electron chi connectivity index (χ3n) is 2.71. The van der Waals surface area contributed by atoms with Crippen molar-refractivity contribution < 1.29 is 9.90 Å². The van der Waals surface area contributed by atoms with Crippen LogP contribution in [0.3, 0.4) is 0 Å². The van der Waals surface area contributed by atoms with Gasteiger partial charge in [-0.25, -0.2) is 9.48 Å². The molecule has 1 rings (SSSR count). The van der Waals surface area contributed by atoms with E-state index in [1.807, 2.05) is 13.8 Å². The normalized spacial score (nSPS) is 12.8. The molecular formula is C13H24N4O2. The van der Waals surface area contributed by atoms with Crippen LogP contribution in [0, 0.1) is 5.92 Å². The Balaban J connectivity index is 2.57. The molecule has 108 valence electrons. The summed E-state index contributed by atoms with van der Waals surface area (Å²) >= 11 is 0. The second-order valence-corrected chi connectivity index (χ2v) is 5.36. The quantitative estimate of drug-likeness (QED) is 0.738. The number of hydrogen-bond donors (Lipinski definition) is 3. The van der Waals surface area contributed by atoms with Gasteiger partial charge in [-0.1, -0.05) is 13.8 Å². The summed E-state index contributed by atoms with van der Waals surface area (Å²) in [6.45, 7) is 8.03. The molecule has 0 aromatic carbocycles. The summed E-state index contributed by atoms with van der Waals surface area (Å²) < 4.78 is 1.73. The fraction of sp³-hybridized carbons (Fsp3) is 0.692. The van der Waals surface area contributed by atoms with Crippen molar-refractivity contribution in [3.63, 3.8) is 0 Å². The SMILES string of the molecule is CC(C)C[C@@H](CO)NC(=O)Nc1ccnn1C(C)C. The highest BCUT2D eigenvalue weighted by Gasteiger charge is 2.14. The van der Waals surface area contributed by atoms with Crippen molar-refractivity contribution in [2.24, 2.45) is 5.92 Å². The zero-order valence-corrected chi connectivity index (χ0v) is 12.1. The first-order valence-electron chi connectivity index (χ1n) is 6.66. The lowest BCUT2D eigenvalue weighted by molar-refractivity contribution is 0.214. The third-order valence-corrected chi connectivity index (χ3v) is 2.71. The maximum atomic E-state index is 11.9. The van der Waals surface area contributed by atoms with Crippen LogP contribution in [0.15, 0.2) is 12.3 Å². The Bertz CT molecular complexity index is 401. The summed E-state index contributed by atoms with van der Waals surface area (Å²) in [5.41, 5.74) is 0. The number of carbonyl (C=O) groups excluding carboxylic acids is 1. The first-order valence-corrected chi connectivity index (χ1v) is 6.66. The van der Waals surface area contributed by atoms with Crippen molar-refractivity contribution in [1.82, 2.24) is 15.1 Å². The average Bonchev–Trinajstić information content (AvgIpc) is 2.75. The lowest BCUT2D eigenvalue weighted by Gasteiger charge is -2.19. The summed E-state index contributed by atoms with van der Waals surface area (Å²) in [6, 6.07) is 1.38. The molecule has 0 radical (unpaired) electrons. The van der Waals surface area contributed by atoms with Gasteiger partial charge in [0.1, 0.15) is 5.82 Å². The molecule has 0 spiro atoms. The smallest absolute Gasteiger partial charge is 0.320 e. The van der Waals surface area contributed by atoms with Crippen LogP contribution in [-0.4, -0.2) is 33.6 Å². The Morgan fingerprint density at radius 3 is 2.63 bits per heavy atom. The van der Waals surface area contributed by atoms with Gasteiger partial charge < -0.3 is 10.4 Å². The molecule has 0 saturated heterocycles. The lowest BCUT2D eigenvalue weighted by Crippen LogP contribution is -2.41. The van der Waals surface area contributed by atoms with E-state index in [1.54, 1.807) is 16.9 Å². The Morgan fingerprint density at radius 2 is 2.11 bits per heavy atom. The molecule has 1 aromatic heterocycles. The third kappa shape index (κ3) is 4.90. The number of carbonyl (C=O) groups is 1.